The van der Waals surface area contributed by atoms with Gasteiger partial charge in [-0.25, -0.2) is 0 Å². The molecule has 2 atom stereocenters. The lowest BCUT2D eigenvalue weighted by atomic mass is 9.78. The van der Waals surface area contributed by atoms with E-state index in [-0.39, 0.29) is 17.9 Å². The molecule has 0 aliphatic carbocycles. The van der Waals surface area contributed by atoms with Crippen molar-refractivity contribution in [1.29, 1.82) is 0 Å². The van der Waals surface area contributed by atoms with Gasteiger partial charge < -0.3 is 9.64 Å². The van der Waals surface area contributed by atoms with Crippen LogP contribution in [0.5, 0.6) is 5.75 Å². The highest BCUT2D eigenvalue weighted by Crippen LogP contribution is 2.35. The van der Waals surface area contributed by atoms with Gasteiger partial charge in [-0.15, -0.1) is 0 Å². The third-order valence-corrected chi connectivity index (χ3v) is 4.20. The van der Waals surface area contributed by atoms with Crippen LogP contribution in [-0.2, 0) is 4.79 Å². The maximum absolute atomic E-state index is 11.8. The molecule has 1 aliphatic rings. The van der Waals surface area contributed by atoms with E-state index in [1.165, 1.54) is 5.56 Å². The van der Waals surface area contributed by atoms with Gasteiger partial charge in [-0.1, -0.05) is 39.8 Å². The van der Waals surface area contributed by atoms with E-state index in [1.807, 2.05) is 24.0 Å². The number of carbonyl (C=O) groups is 1. The molecule has 3 nitrogen and oxygen atoms in total. The second-order valence-electron chi connectivity index (χ2n) is 6.84. The number of hydrogen-bond donors (Lipinski definition) is 0. The van der Waals surface area contributed by atoms with Crippen molar-refractivity contribution in [3.63, 3.8) is 0 Å². The van der Waals surface area contributed by atoms with Crippen LogP contribution in [0.2, 0.25) is 0 Å². The molecular weight excluding hydrogens is 250 g/mol. The van der Waals surface area contributed by atoms with Gasteiger partial charge in [0.25, 0.3) is 5.91 Å². The summed E-state index contributed by atoms with van der Waals surface area (Å²) in [7, 11) is 0. The van der Waals surface area contributed by atoms with Gasteiger partial charge in [-0.3, -0.25) is 4.79 Å². The highest BCUT2D eigenvalue weighted by molar-refractivity contribution is 5.80. The highest BCUT2D eigenvalue weighted by atomic mass is 16.5. The number of carbonyl (C=O) groups excluding carboxylic acids is 1. The number of benzene rings is 1. The van der Waals surface area contributed by atoms with Crippen LogP contribution in [0, 0.1) is 5.41 Å². The van der Waals surface area contributed by atoms with Crippen LogP contribution >= 0.6 is 0 Å². The summed E-state index contributed by atoms with van der Waals surface area (Å²) in [6.07, 6.45) is 0. The number of hydrogen-bond acceptors (Lipinski definition) is 2. The van der Waals surface area contributed by atoms with Crippen LogP contribution in [0.4, 0.5) is 0 Å². The summed E-state index contributed by atoms with van der Waals surface area (Å²) in [5.41, 5.74) is 1.46. The number of amides is 1. The Morgan fingerprint density at radius 2 is 2.10 bits per heavy atom. The monoisotopic (exact) mass is 275 g/mol. The summed E-state index contributed by atoms with van der Waals surface area (Å²) in [6, 6.07) is 8.47. The van der Waals surface area contributed by atoms with E-state index in [9.17, 15) is 4.79 Å². The van der Waals surface area contributed by atoms with E-state index in [2.05, 4.69) is 39.8 Å². The lowest BCUT2D eigenvalue weighted by Gasteiger charge is -2.27. The minimum atomic E-state index is 0.0757. The fourth-order valence-electron chi connectivity index (χ4n) is 2.19. The van der Waals surface area contributed by atoms with Crippen LogP contribution < -0.4 is 4.74 Å². The van der Waals surface area contributed by atoms with Crippen LogP contribution in [0.15, 0.2) is 24.3 Å². The molecule has 1 fully saturated rings. The largest absolute Gasteiger partial charge is 0.484 e. The van der Waals surface area contributed by atoms with Crippen LogP contribution in [0.3, 0.4) is 0 Å². The van der Waals surface area contributed by atoms with Gasteiger partial charge in [0.15, 0.2) is 6.61 Å². The summed E-state index contributed by atoms with van der Waals surface area (Å²) in [4.78, 5) is 13.6. The summed E-state index contributed by atoms with van der Waals surface area (Å²) in [6.45, 7) is 12.0. The minimum absolute atomic E-state index is 0.0757. The molecule has 1 saturated heterocycles. The Kier molecular flexibility index (Phi) is 4.07. The zero-order valence-electron chi connectivity index (χ0n) is 13.1. The summed E-state index contributed by atoms with van der Waals surface area (Å²) >= 11 is 0. The summed E-state index contributed by atoms with van der Waals surface area (Å²) < 4.78 is 5.63. The first-order valence-corrected chi connectivity index (χ1v) is 7.31. The van der Waals surface area contributed by atoms with Crippen LogP contribution in [0.25, 0.3) is 0 Å². The maximum atomic E-state index is 11.8. The van der Waals surface area contributed by atoms with Crippen molar-refractivity contribution >= 4 is 5.91 Å². The van der Waals surface area contributed by atoms with Crippen molar-refractivity contribution in [1.82, 2.24) is 4.90 Å². The third kappa shape index (κ3) is 3.53. The van der Waals surface area contributed by atoms with Gasteiger partial charge in [-0.2, -0.15) is 0 Å². The fourth-order valence-corrected chi connectivity index (χ4v) is 2.19. The Labute approximate surface area is 121 Å². The molecule has 0 spiro atoms. The fraction of sp³-hybridized carbons (Fsp3) is 0.588. The zero-order chi connectivity index (χ0) is 14.9. The van der Waals surface area contributed by atoms with Crippen molar-refractivity contribution < 1.29 is 9.53 Å². The number of rotatable bonds is 4. The standard InChI is InChI=1S/C17H25NO2/c1-12-10-18(12)16(19)11-20-15-8-6-7-14(9-15)13(2)17(3,4)5/h6-9,12-13H,10-11H2,1-5H3. The first-order valence-electron chi connectivity index (χ1n) is 7.31. The first-order chi connectivity index (χ1) is 9.29. The molecule has 110 valence electrons. The molecule has 0 radical (unpaired) electrons. The average molecular weight is 275 g/mol. The van der Waals surface area contributed by atoms with Gasteiger partial charge in [0, 0.05) is 12.6 Å². The molecule has 0 aromatic heterocycles. The van der Waals surface area contributed by atoms with Gasteiger partial charge >= 0.3 is 0 Å². The molecule has 1 amide bonds. The van der Waals surface area contributed by atoms with Crippen LogP contribution in [0.1, 0.15) is 46.1 Å². The van der Waals surface area contributed by atoms with E-state index in [4.69, 9.17) is 4.74 Å². The van der Waals surface area contributed by atoms with Crippen molar-refractivity contribution in [2.75, 3.05) is 13.2 Å². The van der Waals surface area contributed by atoms with Crippen LogP contribution in [-0.4, -0.2) is 30.0 Å². The molecule has 1 heterocycles. The van der Waals surface area contributed by atoms with Gasteiger partial charge in [-0.05, 0) is 36.0 Å². The summed E-state index contributed by atoms with van der Waals surface area (Å²) in [5.74, 6) is 1.29. The first kappa shape index (κ1) is 14.9. The molecule has 1 aliphatic heterocycles. The van der Waals surface area contributed by atoms with Crippen molar-refractivity contribution in [3.8, 4) is 5.75 Å². The predicted octanol–water partition coefficient (Wildman–Crippen LogP) is 3.45. The van der Waals surface area contributed by atoms with Gasteiger partial charge in [0.2, 0.25) is 0 Å². The molecule has 0 saturated carbocycles. The molecule has 0 N–H and O–H groups in total. The number of nitrogens with zero attached hydrogens (tertiary/aromatic N) is 1. The van der Waals surface area contributed by atoms with E-state index >= 15 is 0 Å². The Hall–Kier alpha value is -1.51. The topological polar surface area (TPSA) is 29.3 Å². The van der Waals surface area contributed by atoms with Crippen molar-refractivity contribution in [2.24, 2.45) is 5.41 Å². The normalized spacial score (nSPS) is 19.6. The number of ether oxygens (including phenoxy) is 1. The SMILES string of the molecule is CC1CN1C(=O)COc1cccc(C(C)C(C)(C)C)c1. The molecule has 20 heavy (non-hydrogen) atoms. The second kappa shape index (κ2) is 5.47. The lowest BCUT2D eigenvalue weighted by Crippen LogP contribution is -2.21. The maximum Gasteiger partial charge on any atom is 0.260 e. The van der Waals surface area contributed by atoms with E-state index in [0.717, 1.165) is 12.3 Å². The lowest BCUT2D eigenvalue weighted by molar-refractivity contribution is -0.128. The highest BCUT2D eigenvalue weighted by Gasteiger charge is 2.34. The van der Waals surface area contributed by atoms with Crippen molar-refractivity contribution in [2.45, 2.75) is 46.6 Å². The summed E-state index contributed by atoms with van der Waals surface area (Å²) in [5, 5.41) is 0. The minimum Gasteiger partial charge on any atom is -0.484 e. The second-order valence-corrected chi connectivity index (χ2v) is 6.84. The average Bonchev–Trinajstić information content (AvgIpc) is 3.11. The van der Waals surface area contributed by atoms with Gasteiger partial charge in [0.05, 0.1) is 0 Å². The Bertz CT molecular complexity index is 490. The molecular formula is C17H25NO2. The van der Waals surface area contributed by atoms with Gasteiger partial charge in [0.1, 0.15) is 5.75 Å². The molecule has 2 unspecified atom stereocenters. The Morgan fingerprint density at radius 1 is 1.45 bits per heavy atom. The molecule has 0 bridgehead atoms. The smallest absolute Gasteiger partial charge is 0.260 e. The molecule has 1 aromatic rings. The Morgan fingerprint density at radius 3 is 2.65 bits per heavy atom. The van der Waals surface area contributed by atoms with E-state index < -0.39 is 0 Å². The van der Waals surface area contributed by atoms with Crippen molar-refractivity contribution in [3.05, 3.63) is 29.8 Å². The third-order valence-electron chi connectivity index (χ3n) is 4.20. The quantitative estimate of drug-likeness (QED) is 0.788. The molecule has 3 heteroatoms. The zero-order valence-corrected chi connectivity index (χ0v) is 13.1. The molecule has 1 aromatic carbocycles. The van der Waals surface area contributed by atoms with E-state index in [0.29, 0.717) is 12.0 Å². The van der Waals surface area contributed by atoms with E-state index in [1.54, 1.807) is 0 Å². The Balaban J connectivity index is 1.97. The molecule has 2 rings (SSSR count). The predicted molar refractivity (Wildman–Crippen MR) is 81.0 cm³/mol.